The summed E-state index contributed by atoms with van der Waals surface area (Å²) in [5.74, 6) is 0.822. The van der Waals surface area contributed by atoms with E-state index in [0.29, 0.717) is 28.4 Å². The smallest absolute Gasteiger partial charge is 0.267 e. The van der Waals surface area contributed by atoms with Gasteiger partial charge in [0.1, 0.15) is 23.0 Å². The quantitative estimate of drug-likeness (QED) is 0.700. The SMILES string of the molecule is N#Cc1cc2nc(-c3cccnc3N)n(Br)c2[nH]c1=O. The predicted octanol–water partition coefficient (Wildman–Crippen LogP) is 1.40. The fraction of sp³-hybridized carbons (Fsp3) is 0. The third-order valence-electron chi connectivity index (χ3n) is 2.81. The van der Waals surface area contributed by atoms with Crippen LogP contribution in [0.25, 0.3) is 22.6 Å². The molecule has 0 amide bonds. The largest absolute Gasteiger partial charge is 0.383 e. The van der Waals surface area contributed by atoms with E-state index in [1.54, 1.807) is 18.3 Å². The van der Waals surface area contributed by atoms with Crippen molar-refractivity contribution in [1.29, 1.82) is 5.26 Å². The van der Waals surface area contributed by atoms with Gasteiger partial charge in [0.2, 0.25) is 0 Å². The fourth-order valence-corrected chi connectivity index (χ4v) is 2.40. The van der Waals surface area contributed by atoms with Gasteiger partial charge in [-0.25, -0.2) is 13.6 Å². The number of hydrogen-bond acceptors (Lipinski definition) is 5. The number of nitriles is 1. The summed E-state index contributed by atoms with van der Waals surface area (Å²) in [6.07, 6.45) is 1.58. The average Bonchev–Trinajstić information content (AvgIpc) is 2.75. The van der Waals surface area contributed by atoms with Gasteiger partial charge < -0.3 is 10.7 Å². The molecule has 0 bridgehead atoms. The molecule has 0 aromatic carbocycles. The number of halogens is 1. The van der Waals surface area contributed by atoms with Crippen molar-refractivity contribution in [2.24, 2.45) is 0 Å². The molecular weight excluding hydrogens is 324 g/mol. The number of H-pyrrole nitrogens is 1. The van der Waals surface area contributed by atoms with Gasteiger partial charge in [-0.2, -0.15) is 5.26 Å². The molecule has 7 nitrogen and oxygen atoms in total. The van der Waals surface area contributed by atoms with Crippen LogP contribution in [0.5, 0.6) is 0 Å². The zero-order chi connectivity index (χ0) is 14.3. The Hall–Kier alpha value is -2.66. The summed E-state index contributed by atoms with van der Waals surface area (Å²) >= 11 is 3.32. The van der Waals surface area contributed by atoms with Crippen molar-refractivity contribution >= 4 is 33.1 Å². The summed E-state index contributed by atoms with van der Waals surface area (Å²) < 4.78 is 1.53. The normalized spacial score (nSPS) is 10.6. The maximum absolute atomic E-state index is 11.7. The summed E-state index contributed by atoms with van der Waals surface area (Å²) in [7, 11) is 0. The van der Waals surface area contributed by atoms with Crippen LogP contribution in [0.1, 0.15) is 5.56 Å². The van der Waals surface area contributed by atoms with Gasteiger partial charge in [-0.15, -0.1) is 0 Å². The lowest BCUT2D eigenvalue weighted by Crippen LogP contribution is -2.09. The van der Waals surface area contributed by atoms with Crippen molar-refractivity contribution in [3.8, 4) is 17.5 Å². The number of aromatic amines is 1. The van der Waals surface area contributed by atoms with Gasteiger partial charge in [-0.3, -0.25) is 4.79 Å². The summed E-state index contributed by atoms with van der Waals surface area (Å²) in [6.45, 7) is 0. The van der Waals surface area contributed by atoms with E-state index in [2.05, 4.69) is 31.1 Å². The molecule has 0 radical (unpaired) electrons. The van der Waals surface area contributed by atoms with Gasteiger partial charge in [-0.1, -0.05) is 0 Å². The first kappa shape index (κ1) is 12.4. The molecule has 0 aliphatic carbocycles. The van der Waals surface area contributed by atoms with E-state index in [1.807, 2.05) is 6.07 Å². The van der Waals surface area contributed by atoms with E-state index in [-0.39, 0.29) is 5.56 Å². The van der Waals surface area contributed by atoms with E-state index in [9.17, 15) is 4.79 Å². The van der Waals surface area contributed by atoms with Gasteiger partial charge in [0.25, 0.3) is 5.56 Å². The Kier molecular flexibility index (Phi) is 2.76. The Morgan fingerprint density at radius 3 is 3.00 bits per heavy atom. The van der Waals surface area contributed by atoms with Gasteiger partial charge in [-0.05, 0) is 18.2 Å². The number of nitrogens with zero attached hydrogens (tertiary/aromatic N) is 4. The van der Waals surface area contributed by atoms with Crippen LogP contribution in [0.2, 0.25) is 0 Å². The van der Waals surface area contributed by atoms with Gasteiger partial charge in [0, 0.05) is 6.20 Å². The molecule has 0 unspecified atom stereocenters. The van der Waals surface area contributed by atoms with Crippen molar-refractivity contribution in [2.75, 3.05) is 5.73 Å². The number of nitrogens with one attached hydrogen (secondary N) is 1. The summed E-state index contributed by atoms with van der Waals surface area (Å²) in [4.78, 5) is 22.6. The summed E-state index contributed by atoms with van der Waals surface area (Å²) in [5, 5.41) is 8.87. The van der Waals surface area contributed by atoms with Crippen molar-refractivity contribution < 1.29 is 0 Å². The number of fused-ring (bicyclic) bond motifs is 1. The van der Waals surface area contributed by atoms with Crippen LogP contribution in [0, 0.1) is 11.3 Å². The minimum Gasteiger partial charge on any atom is -0.383 e. The molecule has 8 heteroatoms. The van der Waals surface area contributed by atoms with Gasteiger partial charge >= 0.3 is 0 Å². The second-order valence-electron chi connectivity index (χ2n) is 4.01. The zero-order valence-electron chi connectivity index (χ0n) is 9.96. The van der Waals surface area contributed by atoms with E-state index >= 15 is 0 Å². The standard InChI is InChI=1S/C12H7BrN6O/c13-19-10(7-2-1-3-16-9(7)15)17-8-4-6(5-14)12(20)18-11(8)19/h1-4H,(H2,15,16)(H,18,20). The molecule has 0 saturated carbocycles. The molecule has 3 rings (SSSR count). The molecule has 0 saturated heterocycles. The minimum atomic E-state index is -0.466. The van der Waals surface area contributed by atoms with Crippen LogP contribution in [0.15, 0.2) is 29.2 Å². The van der Waals surface area contributed by atoms with E-state index < -0.39 is 5.56 Å². The first-order valence-electron chi connectivity index (χ1n) is 5.54. The highest BCUT2D eigenvalue weighted by Crippen LogP contribution is 2.27. The third kappa shape index (κ3) is 1.76. The zero-order valence-corrected chi connectivity index (χ0v) is 11.5. The maximum atomic E-state index is 11.7. The molecule has 3 N–H and O–H groups in total. The monoisotopic (exact) mass is 330 g/mol. The fourth-order valence-electron chi connectivity index (χ4n) is 1.86. The maximum Gasteiger partial charge on any atom is 0.267 e. The molecule has 3 heterocycles. The third-order valence-corrected chi connectivity index (χ3v) is 3.50. The van der Waals surface area contributed by atoms with E-state index in [4.69, 9.17) is 11.0 Å². The minimum absolute atomic E-state index is 0.00816. The van der Waals surface area contributed by atoms with Gasteiger partial charge in [0.15, 0.2) is 11.5 Å². The van der Waals surface area contributed by atoms with Crippen molar-refractivity contribution in [1.82, 2.24) is 18.5 Å². The van der Waals surface area contributed by atoms with Crippen LogP contribution in [0.3, 0.4) is 0 Å². The molecule has 0 spiro atoms. The Labute approximate surface area is 121 Å². The number of nitrogen functional groups attached to an aromatic ring is 1. The number of rotatable bonds is 1. The lowest BCUT2D eigenvalue weighted by molar-refractivity contribution is 1.20. The Balaban J connectivity index is 2.35. The molecular formula is C12H7BrN6O. The predicted molar refractivity (Wildman–Crippen MR) is 77.0 cm³/mol. The van der Waals surface area contributed by atoms with Crippen molar-refractivity contribution in [3.05, 3.63) is 40.3 Å². The highest BCUT2D eigenvalue weighted by atomic mass is 79.9. The van der Waals surface area contributed by atoms with Crippen molar-refractivity contribution in [2.45, 2.75) is 0 Å². The highest BCUT2D eigenvalue weighted by Gasteiger charge is 2.15. The Morgan fingerprint density at radius 1 is 1.50 bits per heavy atom. The number of anilines is 1. The molecule has 0 atom stereocenters. The first-order valence-corrected chi connectivity index (χ1v) is 6.25. The van der Waals surface area contributed by atoms with Crippen LogP contribution in [0.4, 0.5) is 5.82 Å². The molecule has 0 fully saturated rings. The molecule has 0 aliphatic heterocycles. The lowest BCUT2D eigenvalue weighted by atomic mass is 10.2. The molecule has 98 valence electrons. The molecule has 0 aliphatic rings. The second kappa shape index (κ2) is 4.47. The van der Waals surface area contributed by atoms with E-state index in [0.717, 1.165) is 0 Å². The van der Waals surface area contributed by atoms with Crippen molar-refractivity contribution in [3.63, 3.8) is 0 Å². The average molecular weight is 331 g/mol. The summed E-state index contributed by atoms with van der Waals surface area (Å²) in [6, 6.07) is 6.76. The van der Waals surface area contributed by atoms with Crippen LogP contribution < -0.4 is 11.3 Å². The summed E-state index contributed by atoms with van der Waals surface area (Å²) in [5.41, 5.74) is 6.92. The molecule has 20 heavy (non-hydrogen) atoms. The van der Waals surface area contributed by atoms with Gasteiger partial charge in [0.05, 0.1) is 21.7 Å². The number of pyridine rings is 2. The second-order valence-corrected chi connectivity index (χ2v) is 4.72. The Bertz CT molecular complexity index is 920. The number of imidazole rings is 1. The molecule has 3 aromatic rings. The molecule has 3 aromatic heterocycles. The van der Waals surface area contributed by atoms with E-state index in [1.165, 1.54) is 9.66 Å². The topological polar surface area (TPSA) is 113 Å². The van der Waals surface area contributed by atoms with Crippen LogP contribution in [-0.4, -0.2) is 18.5 Å². The van der Waals surface area contributed by atoms with Crippen LogP contribution >= 0.6 is 16.1 Å². The highest BCUT2D eigenvalue weighted by molar-refractivity contribution is 9.08. The number of hydrogen-bond donors (Lipinski definition) is 2. The number of nitrogens with two attached hydrogens (primary N) is 1. The number of aromatic nitrogens is 4. The Morgan fingerprint density at radius 2 is 2.30 bits per heavy atom. The first-order chi connectivity index (χ1) is 9.61. The lowest BCUT2D eigenvalue weighted by Gasteiger charge is -2.02. The van der Waals surface area contributed by atoms with Crippen LogP contribution in [-0.2, 0) is 0 Å².